The first-order chi connectivity index (χ1) is 8.43. The van der Waals surface area contributed by atoms with Crippen LogP contribution >= 0.6 is 0 Å². The van der Waals surface area contributed by atoms with Gasteiger partial charge in [-0.15, -0.1) is 0 Å². The zero-order chi connectivity index (χ0) is 15.0. The third kappa shape index (κ3) is 3.56. The van der Waals surface area contributed by atoms with E-state index in [0.717, 1.165) is 0 Å². The second kappa shape index (κ2) is 4.68. The third-order valence-electron chi connectivity index (χ3n) is 2.19. The molecule has 0 aliphatic rings. The second-order valence-electron chi connectivity index (χ2n) is 3.59. The van der Waals surface area contributed by atoms with Gasteiger partial charge in [-0.2, -0.15) is 26.3 Å². The first-order valence-electron chi connectivity index (χ1n) is 4.62. The molecule has 19 heavy (non-hydrogen) atoms. The fourth-order valence-corrected chi connectivity index (χ4v) is 1.27. The molecule has 0 spiro atoms. The van der Waals surface area contributed by atoms with Crippen LogP contribution in [0.3, 0.4) is 0 Å². The molecule has 0 aliphatic carbocycles. The molecule has 0 bridgehead atoms. The number of non-ortho nitro benzene ring substituents is 1. The summed E-state index contributed by atoms with van der Waals surface area (Å²) in [7, 11) is 0. The van der Waals surface area contributed by atoms with E-state index >= 15 is 0 Å². The van der Waals surface area contributed by atoms with Gasteiger partial charge in [0.2, 0.25) is 0 Å². The quantitative estimate of drug-likeness (QED) is 0.516. The SMILES string of the molecule is N[C@@H](c1cc([N+](=O)[O-])cc(C(F)(F)F)c1)C(F)(F)F. The molecular weight excluding hydrogens is 282 g/mol. The lowest BCUT2D eigenvalue weighted by Crippen LogP contribution is -2.28. The average molecular weight is 288 g/mol. The van der Waals surface area contributed by atoms with Gasteiger partial charge in [0.1, 0.15) is 6.04 Å². The van der Waals surface area contributed by atoms with Crippen LogP contribution in [0.15, 0.2) is 18.2 Å². The smallest absolute Gasteiger partial charge is 0.316 e. The Morgan fingerprint density at radius 3 is 2.00 bits per heavy atom. The second-order valence-corrected chi connectivity index (χ2v) is 3.59. The highest BCUT2D eigenvalue weighted by Crippen LogP contribution is 2.37. The summed E-state index contributed by atoms with van der Waals surface area (Å²) in [6.45, 7) is 0. The third-order valence-corrected chi connectivity index (χ3v) is 2.19. The summed E-state index contributed by atoms with van der Waals surface area (Å²) < 4.78 is 74.2. The molecule has 1 aromatic rings. The standard InChI is InChI=1S/C9H6F6N2O2/c10-8(11,12)5-1-4(7(16)9(13,14)15)2-6(3-5)17(18)19/h1-3,7H,16H2/t7-/m0/s1. The van der Waals surface area contributed by atoms with Crippen LogP contribution in [0, 0.1) is 10.1 Å². The minimum absolute atomic E-state index is 0.144. The highest BCUT2D eigenvalue weighted by Gasteiger charge is 2.40. The fraction of sp³-hybridized carbons (Fsp3) is 0.333. The van der Waals surface area contributed by atoms with Gasteiger partial charge in [-0.1, -0.05) is 0 Å². The maximum Gasteiger partial charge on any atom is 0.416 e. The zero-order valence-electron chi connectivity index (χ0n) is 8.92. The fourth-order valence-electron chi connectivity index (χ4n) is 1.27. The number of nitro benzene ring substituents is 1. The van der Waals surface area contributed by atoms with Crippen LogP contribution in [0.25, 0.3) is 0 Å². The first kappa shape index (κ1) is 15.2. The van der Waals surface area contributed by atoms with Gasteiger partial charge in [0, 0.05) is 12.1 Å². The maximum atomic E-state index is 12.4. The van der Waals surface area contributed by atoms with E-state index in [1.54, 1.807) is 0 Å². The number of nitro groups is 1. The molecule has 0 aliphatic heterocycles. The van der Waals surface area contributed by atoms with Crippen molar-refractivity contribution in [2.45, 2.75) is 18.4 Å². The summed E-state index contributed by atoms with van der Waals surface area (Å²) in [6, 6.07) is -2.07. The topological polar surface area (TPSA) is 69.2 Å². The Hall–Kier alpha value is -1.84. The monoisotopic (exact) mass is 288 g/mol. The molecule has 0 saturated heterocycles. The van der Waals surface area contributed by atoms with E-state index in [4.69, 9.17) is 5.73 Å². The predicted molar refractivity (Wildman–Crippen MR) is 51.1 cm³/mol. The number of alkyl halides is 6. The molecule has 0 amide bonds. The molecule has 1 rings (SSSR count). The summed E-state index contributed by atoms with van der Waals surface area (Å²) >= 11 is 0. The molecule has 0 saturated carbocycles. The van der Waals surface area contributed by atoms with Gasteiger partial charge in [0.05, 0.1) is 10.5 Å². The van der Waals surface area contributed by atoms with Gasteiger partial charge < -0.3 is 5.73 Å². The Morgan fingerprint density at radius 2 is 1.63 bits per heavy atom. The molecule has 0 heterocycles. The van der Waals surface area contributed by atoms with Crippen molar-refractivity contribution in [3.05, 3.63) is 39.4 Å². The highest BCUT2D eigenvalue weighted by molar-refractivity contribution is 5.42. The normalized spacial score (nSPS) is 14.3. The number of hydrogen-bond acceptors (Lipinski definition) is 3. The van der Waals surface area contributed by atoms with Crippen LogP contribution in [0.5, 0.6) is 0 Å². The number of nitrogens with two attached hydrogens (primary N) is 1. The Morgan fingerprint density at radius 1 is 1.11 bits per heavy atom. The van der Waals surface area contributed by atoms with Crippen LogP contribution < -0.4 is 5.73 Å². The van der Waals surface area contributed by atoms with Crippen molar-refractivity contribution in [1.29, 1.82) is 0 Å². The number of rotatable bonds is 2. The molecule has 1 aromatic carbocycles. The highest BCUT2D eigenvalue weighted by atomic mass is 19.4. The van der Waals surface area contributed by atoms with Crippen molar-refractivity contribution < 1.29 is 31.3 Å². The van der Waals surface area contributed by atoms with Gasteiger partial charge in [0.15, 0.2) is 0 Å². The van der Waals surface area contributed by atoms with Crippen LogP contribution in [0.1, 0.15) is 17.2 Å². The molecule has 2 N–H and O–H groups in total. The van der Waals surface area contributed by atoms with E-state index in [9.17, 15) is 36.5 Å². The number of benzene rings is 1. The number of hydrogen-bond donors (Lipinski definition) is 1. The van der Waals surface area contributed by atoms with Crippen LogP contribution in [-0.2, 0) is 6.18 Å². The van der Waals surface area contributed by atoms with Gasteiger partial charge in [0.25, 0.3) is 5.69 Å². The van der Waals surface area contributed by atoms with E-state index in [0.29, 0.717) is 6.07 Å². The lowest BCUT2D eigenvalue weighted by atomic mass is 10.0. The van der Waals surface area contributed by atoms with Gasteiger partial charge in [-0.25, -0.2) is 0 Å². The van der Waals surface area contributed by atoms with Crippen molar-refractivity contribution >= 4 is 5.69 Å². The molecule has 10 heteroatoms. The maximum absolute atomic E-state index is 12.4. The van der Waals surface area contributed by atoms with Gasteiger partial charge >= 0.3 is 12.4 Å². The van der Waals surface area contributed by atoms with Crippen molar-refractivity contribution in [3.8, 4) is 0 Å². The van der Waals surface area contributed by atoms with Crippen molar-refractivity contribution in [3.63, 3.8) is 0 Å². The summed E-state index contributed by atoms with van der Waals surface area (Å²) in [5.74, 6) is 0. The summed E-state index contributed by atoms with van der Waals surface area (Å²) in [6.07, 6.45) is -10.0. The molecule has 0 radical (unpaired) electrons. The molecule has 0 fully saturated rings. The van der Waals surface area contributed by atoms with Crippen LogP contribution in [-0.4, -0.2) is 11.1 Å². The van der Waals surface area contributed by atoms with Crippen LogP contribution in [0.4, 0.5) is 32.0 Å². The Balaban J connectivity index is 3.41. The predicted octanol–water partition coefficient (Wildman–Crippen LogP) is 3.18. The average Bonchev–Trinajstić information content (AvgIpc) is 2.24. The van der Waals surface area contributed by atoms with Crippen molar-refractivity contribution in [1.82, 2.24) is 0 Å². The molecule has 0 unspecified atom stereocenters. The minimum atomic E-state index is -5.01. The Labute approximate surface area is 102 Å². The molecule has 0 aromatic heterocycles. The van der Waals surface area contributed by atoms with E-state index < -0.39 is 40.1 Å². The number of halogens is 6. The number of nitrogens with zero attached hydrogens (tertiary/aromatic N) is 1. The molecule has 4 nitrogen and oxygen atoms in total. The van der Waals surface area contributed by atoms with Crippen molar-refractivity contribution in [2.75, 3.05) is 0 Å². The molecule has 1 atom stereocenters. The molecule has 106 valence electrons. The lowest BCUT2D eigenvalue weighted by Gasteiger charge is -2.17. The molecular formula is C9H6F6N2O2. The van der Waals surface area contributed by atoms with Crippen molar-refractivity contribution in [2.24, 2.45) is 5.73 Å². The largest absolute Gasteiger partial charge is 0.416 e. The van der Waals surface area contributed by atoms with E-state index in [2.05, 4.69) is 0 Å². The summed E-state index contributed by atoms with van der Waals surface area (Å²) in [5.41, 5.74) is 1.05. The first-order valence-corrected chi connectivity index (χ1v) is 4.62. The van der Waals surface area contributed by atoms with E-state index in [1.807, 2.05) is 0 Å². The lowest BCUT2D eigenvalue weighted by molar-refractivity contribution is -0.385. The van der Waals surface area contributed by atoms with E-state index in [1.165, 1.54) is 0 Å². The van der Waals surface area contributed by atoms with Gasteiger partial charge in [-0.3, -0.25) is 10.1 Å². The van der Waals surface area contributed by atoms with E-state index in [-0.39, 0.29) is 12.1 Å². The van der Waals surface area contributed by atoms with Gasteiger partial charge in [-0.05, 0) is 11.6 Å². The Bertz CT molecular complexity index is 496. The van der Waals surface area contributed by atoms with Crippen LogP contribution in [0.2, 0.25) is 0 Å². The summed E-state index contributed by atoms with van der Waals surface area (Å²) in [5, 5.41) is 10.4. The Kier molecular flexibility index (Phi) is 3.75. The minimum Gasteiger partial charge on any atom is -0.316 e. The summed E-state index contributed by atoms with van der Waals surface area (Å²) in [4.78, 5) is 9.20. The zero-order valence-corrected chi connectivity index (χ0v) is 8.92.